The van der Waals surface area contributed by atoms with Crippen molar-refractivity contribution < 1.29 is 0 Å². The molecule has 0 aliphatic heterocycles. The van der Waals surface area contributed by atoms with E-state index in [0.717, 1.165) is 19.3 Å². The van der Waals surface area contributed by atoms with Gasteiger partial charge in [0.25, 0.3) is 5.56 Å². The van der Waals surface area contributed by atoms with Gasteiger partial charge in [0.1, 0.15) is 5.15 Å². The number of hydrogen-bond donors (Lipinski definition) is 1. The lowest BCUT2D eigenvalue weighted by molar-refractivity contribution is 0.0401. The summed E-state index contributed by atoms with van der Waals surface area (Å²) in [5.74, 6) is 0. The van der Waals surface area contributed by atoms with Crippen LogP contribution in [0.15, 0.2) is 15.7 Å². The minimum Gasteiger partial charge on any atom is -0.302 e. The van der Waals surface area contributed by atoms with Crippen LogP contribution in [-0.4, -0.2) is 34.1 Å². The van der Waals surface area contributed by atoms with E-state index in [-0.39, 0.29) is 16.3 Å². The van der Waals surface area contributed by atoms with Crippen molar-refractivity contribution in [1.29, 1.82) is 0 Å². The highest BCUT2D eigenvalue weighted by atomic mass is 35.5. The van der Waals surface area contributed by atoms with Gasteiger partial charge < -0.3 is 4.90 Å². The van der Waals surface area contributed by atoms with E-state index in [2.05, 4.69) is 9.88 Å². The van der Waals surface area contributed by atoms with Crippen molar-refractivity contribution in [2.45, 2.75) is 31.3 Å². The van der Waals surface area contributed by atoms with E-state index in [1.807, 2.05) is 14.1 Å². The van der Waals surface area contributed by atoms with Gasteiger partial charge in [-0.15, -0.1) is 0 Å². The van der Waals surface area contributed by atoms with Crippen molar-refractivity contribution in [2.75, 3.05) is 14.1 Å². The molecule has 0 aromatic carbocycles. The molecule has 2 rings (SSSR count). The second-order valence-corrected chi connectivity index (χ2v) is 5.23. The molecule has 1 saturated carbocycles. The number of aromatic nitrogens is 2. The molecule has 1 aromatic heterocycles. The molecule has 0 amide bonds. The van der Waals surface area contributed by atoms with Crippen LogP contribution in [0.5, 0.6) is 0 Å². The molecule has 0 saturated heterocycles. The predicted molar refractivity (Wildman–Crippen MR) is 66.6 cm³/mol. The molecule has 1 aliphatic carbocycles. The fourth-order valence-corrected chi connectivity index (χ4v) is 2.44. The van der Waals surface area contributed by atoms with Crippen LogP contribution in [0.4, 0.5) is 0 Å². The molecule has 1 aliphatic rings. The molecule has 94 valence electrons. The van der Waals surface area contributed by atoms with Crippen LogP contribution in [0.2, 0.25) is 5.15 Å². The first-order valence-corrected chi connectivity index (χ1v) is 5.99. The Morgan fingerprint density at radius 3 is 2.53 bits per heavy atom. The Hall–Kier alpha value is -1.07. The van der Waals surface area contributed by atoms with Gasteiger partial charge in [0.2, 0.25) is 0 Å². The smallest absolute Gasteiger partial charge is 0.302 e. The van der Waals surface area contributed by atoms with Gasteiger partial charge in [-0.1, -0.05) is 11.6 Å². The van der Waals surface area contributed by atoms with Crippen LogP contribution in [0.3, 0.4) is 0 Å². The summed E-state index contributed by atoms with van der Waals surface area (Å²) in [4.78, 5) is 28.0. The standard InChI is InChI=1S/C11H16ClN3O2/c1-14(2)11(4-3-5-11)7-15-9(16)6-8(12)13-10(15)17/h6H,3-5,7H2,1-2H3,(H,13,17). The Kier molecular flexibility index (Phi) is 3.14. The lowest BCUT2D eigenvalue weighted by Crippen LogP contribution is -2.56. The first-order chi connectivity index (χ1) is 7.94. The van der Waals surface area contributed by atoms with Crippen LogP contribution in [-0.2, 0) is 6.54 Å². The number of halogens is 1. The fraction of sp³-hybridized carbons (Fsp3) is 0.636. The molecular formula is C11H16ClN3O2. The average molecular weight is 258 g/mol. The molecule has 1 fully saturated rings. The summed E-state index contributed by atoms with van der Waals surface area (Å²) >= 11 is 5.62. The highest BCUT2D eigenvalue weighted by Crippen LogP contribution is 2.36. The second-order valence-electron chi connectivity index (χ2n) is 4.82. The van der Waals surface area contributed by atoms with Gasteiger partial charge in [-0.05, 0) is 33.4 Å². The summed E-state index contributed by atoms with van der Waals surface area (Å²) in [7, 11) is 3.96. The van der Waals surface area contributed by atoms with Crippen molar-refractivity contribution >= 4 is 11.6 Å². The summed E-state index contributed by atoms with van der Waals surface area (Å²) in [6.45, 7) is 0.422. The molecule has 17 heavy (non-hydrogen) atoms. The van der Waals surface area contributed by atoms with Gasteiger partial charge in [-0.25, -0.2) is 4.79 Å². The summed E-state index contributed by atoms with van der Waals surface area (Å²) in [5, 5.41) is 0.0868. The first kappa shape index (κ1) is 12.4. The van der Waals surface area contributed by atoms with E-state index in [4.69, 9.17) is 11.6 Å². The third-order valence-corrected chi connectivity index (χ3v) is 3.88. The van der Waals surface area contributed by atoms with Crippen LogP contribution in [0, 0.1) is 0 Å². The van der Waals surface area contributed by atoms with Gasteiger partial charge in [-0.2, -0.15) is 0 Å². The van der Waals surface area contributed by atoms with Crippen LogP contribution < -0.4 is 11.2 Å². The van der Waals surface area contributed by atoms with Crippen LogP contribution >= 0.6 is 11.6 Å². The zero-order valence-corrected chi connectivity index (χ0v) is 10.8. The van der Waals surface area contributed by atoms with Crippen molar-refractivity contribution in [2.24, 2.45) is 0 Å². The molecule has 0 atom stereocenters. The Morgan fingerprint density at radius 1 is 1.47 bits per heavy atom. The predicted octanol–water partition coefficient (Wildman–Crippen LogP) is 0.674. The van der Waals surface area contributed by atoms with E-state index >= 15 is 0 Å². The molecule has 6 heteroatoms. The Morgan fingerprint density at radius 2 is 2.12 bits per heavy atom. The molecule has 1 aromatic rings. The van der Waals surface area contributed by atoms with Gasteiger partial charge in [0.05, 0.1) is 0 Å². The minimum absolute atomic E-state index is 0.0648. The molecule has 0 bridgehead atoms. The normalized spacial score (nSPS) is 18.1. The average Bonchev–Trinajstić information content (AvgIpc) is 2.13. The highest BCUT2D eigenvalue weighted by Gasteiger charge is 2.39. The molecule has 5 nitrogen and oxygen atoms in total. The molecule has 0 spiro atoms. The van der Waals surface area contributed by atoms with Gasteiger partial charge >= 0.3 is 5.69 Å². The molecule has 1 heterocycles. The van der Waals surface area contributed by atoms with E-state index in [9.17, 15) is 9.59 Å². The Labute approximate surface area is 104 Å². The van der Waals surface area contributed by atoms with Crippen molar-refractivity contribution in [1.82, 2.24) is 14.5 Å². The summed E-state index contributed by atoms with van der Waals surface area (Å²) < 4.78 is 1.23. The zero-order valence-electron chi connectivity index (χ0n) is 9.99. The molecular weight excluding hydrogens is 242 g/mol. The monoisotopic (exact) mass is 257 g/mol. The lowest BCUT2D eigenvalue weighted by atomic mass is 9.75. The fourth-order valence-electron chi connectivity index (χ4n) is 2.27. The third-order valence-electron chi connectivity index (χ3n) is 3.67. The van der Waals surface area contributed by atoms with E-state index in [1.54, 1.807) is 0 Å². The number of nitrogens with zero attached hydrogens (tertiary/aromatic N) is 2. The third kappa shape index (κ3) is 2.17. The zero-order chi connectivity index (χ0) is 12.6. The summed E-state index contributed by atoms with van der Waals surface area (Å²) in [6, 6.07) is 1.24. The summed E-state index contributed by atoms with van der Waals surface area (Å²) in [5.41, 5.74) is -0.840. The number of nitrogens with one attached hydrogen (secondary N) is 1. The Balaban J connectivity index is 2.37. The maximum atomic E-state index is 11.7. The number of likely N-dealkylation sites (N-methyl/N-ethyl adjacent to an activating group) is 1. The largest absolute Gasteiger partial charge is 0.329 e. The molecule has 0 radical (unpaired) electrons. The van der Waals surface area contributed by atoms with Crippen molar-refractivity contribution in [3.05, 3.63) is 32.1 Å². The van der Waals surface area contributed by atoms with Gasteiger partial charge in [-0.3, -0.25) is 14.3 Å². The maximum absolute atomic E-state index is 11.7. The van der Waals surface area contributed by atoms with Crippen LogP contribution in [0.1, 0.15) is 19.3 Å². The van der Waals surface area contributed by atoms with Crippen LogP contribution in [0.25, 0.3) is 0 Å². The number of hydrogen-bond acceptors (Lipinski definition) is 3. The highest BCUT2D eigenvalue weighted by molar-refractivity contribution is 6.29. The summed E-state index contributed by atoms with van der Waals surface area (Å²) in [6.07, 6.45) is 3.15. The second kappa shape index (κ2) is 4.31. The van der Waals surface area contributed by atoms with E-state index < -0.39 is 5.69 Å². The van der Waals surface area contributed by atoms with Crippen molar-refractivity contribution in [3.63, 3.8) is 0 Å². The quantitative estimate of drug-likeness (QED) is 0.810. The number of aromatic amines is 1. The van der Waals surface area contributed by atoms with Gasteiger partial charge in [0.15, 0.2) is 0 Å². The minimum atomic E-state index is -0.435. The van der Waals surface area contributed by atoms with E-state index in [1.165, 1.54) is 10.6 Å². The van der Waals surface area contributed by atoms with Crippen molar-refractivity contribution in [3.8, 4) is 0 Å². The van der Waals surface area contributed by atoms with E-state index in [0.29, 0.717) is 6.54 Å². The SMILES string of the molecule is CN(C)C1(Cn2c(=O)cc(Cl)[nH]c2=O)CCC1. The topological polar surface area (TPSA) is 58.1 Å². The maximum Gasteiger partial charge on any atom is 0.329 e. The number of rotatable bonds is 3. The van der Waals surface area contributed by atoms with Gasteiger partial charge in [0, 0.05) is 18.2 Å². The first-order valence-electron chi connectivity index (χ1n) is 5.62. The molecule has 0 unspecified atom stereocenters. The lowest BCUT2D eigenvalue weighted by Gasteiger charge is -2.47. The Bertz CT molecular complexity index is 497. The molecule has 1 N–H and O–H groups in total. The number of H-pyrrole nitrogens is 1.